The summed E-state index contributed by atoms with van der Waals surface area (Å²) < 4.78 is 27.6. The largest absolute Gasteiger partial charge is 0.349 e. The van der Waals surface area contributed by atoms with Gasteiger partial charge in [0.25, 0.3) is 5.91 Å². The molecule has 0 saturated carbocycles. The molecule has 182 valence electrons. The minimum Gasteiger partial charge on any atom is -0.349 e. The SMILES string of the molecule is Cc1ccc(CN(c2ccc3sc(C(=O)N[C@H](C)CCc4ccccc4)cc3c2)S(C)(=O)=O)cc1. The van der Waals surface area contributed by atoms with E-state index in [-0.39, 0.29) is 18.5 Å². The van der Waals surface area contributed by atoms with Gasteiger partial charge in [0.1, 0.15) is 0 Å². The Kier molecular flexibility index (Phi) is 7.57. The molecule has 5 nitrogen and oxygen atoms in total. The maximum atomic E-state index is 12.9. The van der Waals surface area contributed by atoms with Crippen molar-refractivity contribution < 1.29 is 13.2 Å². The third kappa shape index (κ3) is 6.50. The Balaban J connectivity index is 1.49. The van der Waals surface area contributed by atoms with Crippen molar-refractivity contribution in [2.45, 2.75) is 39.3 Å². The van der Waals surface area contributed by atoms with E-state index in [1.807, 2.05) is 74.5 Å². The van der Waals surface area contributed by atoms with Gasteiger partial charge in [-0.05, 0) is 67.5 Å². The lowest BCUT2D eigenvalue weighted by atomic mass is 10.1. The van der Waals surface area contributed by atoms with Gasteiger partial charge >= 0.3 is 0 Å². The summed E-state index contributed by atoms with van der Waals surface area (Å²) in [5.41, 5.74) is 3.88. The molecule has 0 aliphatic rings. The van der Waals surface area contributed by atoms with Gasteiger partial charge in [0.05, 0.1) is 23.4 Å². The molecular weight excluding hydrogens is 476 g/mol. The van der Waals surface area contributed by atoms with Crippen molar-refractivity contribution in [3.63, 3.8) is 0 Å². The smallest absolute Gasteiger partial charge is 0.261 e. The minimum atomic E-state index is -3.49. The van der Waals surface area contributed by atoms with E-state index in [9.17, 15) is 13.2 Å². The topological polar surface area (TPSA) is 66.5 Å². The molecule has 1 heterocycles. The quantitative estimate of drug-likeness (QED) is 0.306. The highest BCUT2D eigenvalue weighted by Gasteiger charge is 2.20. The van der Waals surface area contributed by atoms with Gasteiger partial charge < -0.3 is 5.32 Å². The molecule has 0 saturated heterocycles. The zero-order valence-electron chi connectivity index (χ0n) is 20.2. The lowest BCUT2D eigenvalue weighted by Gasteiger charge is -2.22. The Morgan fingerprint density at radius 1 is 0.971 bits per heavy atom. The summed E-state index contributed by atoms with van der Waals surface area (Å²) in [4.78, 5) is 13.5. The number of fused-ring (bicyclic) bond motifs is 1. The van der Waals surface area contributed by atoms with Crippen LogP contribution < -0.4 is 9.62 Å². The molecule has 0 aliphatic carbocycles. The zero-order valence-corrected chi connectivity index (χ0v) is 21.8. The van der Waals surface area contributed by atoms with Crippen LogP contribution in [0.25, 0.3) is 10.1 Å². The molecule has 3 aromatic carbocycles. The molecular formula is C28H30N2O3S2. The lowest BCUT2D eigenvalue weighted by molar-refractivity contribution is 0.0942. The lowest BCUT2D eigenvalue weighted by Crippen LogP contribution is -2.32. The van der Waals surface area contributed by atoms with Crippen LogP contribution in [0.3, 0.4) is 0 Å². The number of nitrogens with zero attached hydrogens (tertiary/aromatic N) is 1. The van der Waals surface area contributed by atoms with Crippen molar-refractivity contribution >= 4 is 43.0 Å². The fourth-order valence-corrected chi connectivity index (χ4v) is 5.78. The molecule has 1 atom stereocenters. The van der Waals surface area contributed by atoms with Crippen molar-refractivity contribution in [1.82, 2.24) is 5.32 Å². The maximum absolute atomic E-state index is 12.9. The number of hydrogen-bond donors (Lipinski definition) is 1. The normalized spacial score (nSPS) is 12.4. The number of benzene rings is 3. The van der Waals surface area contributed by atoms with Crippen LogP contribution >= 0.6 is 11.3 Å². The maximum Gasteiger partial charge on any atom is 0.261 e. The molecule has 0 aliphatic heterocycles. The number of carbonyl (C=O) groups is 1. The van der Waals surface area contributed by atoms with Crippen LogP contribution in [0.5, 0.6) is 0 Å². The predicted octanol–water partition coefficient (Wildman–Crippen LogP) is 5.93. The van der Waals surface area contributed by atoms with Crippen LogP contribution in [0.4, 0.5) is 5.69 Å². The zero-order chi connectivity index (χ0) is 25.0. The van der Waals surface area contributed by atoms with E-state index in [0.29, 0.717) is 10.6 Å². The molecule has 1 N–H and O–H groups in total. The van der Waals surface area contributed by atoms with Gasteiger partial charge in [-0.3, -0.25) is 9.10 Å². The Labute approximate surface area is 211 Å². The van der Waals surface area contributed by atoms with Crippen molar-refractivity contribution in [2.75, 3.05) is 10.6 Å². The number of thiophene rings is 1. The van der Waals surface area contributed by atoms with Gasteiger partial charge in [-0.15, -0.1) is 11.3 Å². The van der Waals surface area contributed by atoms with E-state index in [0.717, 1.165) is 34.1 Å². The third-order valence-electron chi connectivity index (χ3n) is 5.95. The van der Waals surface area contributed by atoms with E-state index in [1.165, 1.54) is 27.5 Å². The predicted molar refractivity (Wildman–Crippen MR) is 146 cm³/mol. The van der Waals surface area contributed by atoms with Crippen LogP contribution in [0, 0.1) is 6.92 Å². The number of hydrogen-bond acceptors (Lipinski definition) is 4. The first-order valence-corrected chi connectivity index (χ1v) is 14.3. The molecule has 4 aromatic rings. The summed E-state index contributed by atoms with van der Waals surface area (Å²) in [6, 6.07) is 25.5. The van der Waals surface area contributed by atoms with Crippen LogP contribution in [0.2, 0.25) is 0 Å². The average Bonchev–Trinajstić information content (AvgIpc) is 3.26. The molecule has 0 fully saturated rings. The molecule has 0 spiro atoms. The number of anilines is 1. The first kappa shape index (κ1) is 24.9. The summed E-state index contributed by atoms with van der Waals surface area (Å²) in [6.07, 6.45) is 2.97. The van der Waals surface area contributed by atoms with E-state index in [2.05, 4.69) is 17.4 Å². The van der Waals surface area contributed by atoms with Crippen molar-refractivity contribution in [2.24, 2.45) is 0 Å². The second-order valence-corrected chi connectivity index (χ2v) is 12.0. The van der Waals surface area contributed by atoms with Gasteiger partial charge in [-0.1, -0.05) is 60.2 Å². The fourth-order valence-electron chi connectivity index (χ4n) is 3.95. The van der Waals surface area contributed by atoms with Crippen LogP contribution in [0.1, 0.15) is 39.7 Å². The van der Waals surface area contributed by atoms with Gasteiger partial charge in [-0.25, -0.2) is 8.42 Å². The van der Waals surface area contributed by atoms with Gasteiger partial charge in [0.2, 0.25) is 10.0 Å². The van der Waals surface area contributed by atoms with Crippen molar-refractivity contribution in [3.8, 4) is 0 Å². The van der Waals surface area contributed by atoms with Crippen LogP contribution in [-0.4, -0.2) is 26.6 Å². The van der Waals surface area contributed by atoms with Gasteiger partial charge in [-0.2, -0.15) is 0 Å². The minimum absolute atomic E-state index is 0.0405. The highest BCUT2D eigenvalue weighted by molar-refractivity contribution is 7.92. The molecule has 1 aromatic heterocycles. The standard InChI is InChI=1S/C28H30N2O3S2/c1-20-9-12-23(13-10-20)19-30(35(3,32)33)25-15-16-26-24(17-25)18-27(34-26)28(31)29-21(2)11-14-22-7-5-4-6-8-22/h4-10,12-13,15-18,21H,11,14,19H2,1-3H3,(H,29,31)/t21-/m1/s1. The van der Waals surface area contributed by atoms with Gasteiger partial charge in [0, 0.05) is 10.7 Å². The Hall–Kier alpha value is -3.16. The summed E-state index contributed by atoms with van der Waals surface area (Å²) in [5, 5.41) is 3.95. The van der Waals surface area contributed by atoms with Crippen LogP contribution in [-0.2, 0) is 23.0 Å². The Morgan fingerprint density at radius 3 is 2.37 bits per heavy atom. The Morgan fingerprint density at radius 2 is 1.69 bits per heavy atom. The monoisotopic (exact) mass is 506 g/mol. The summed E-state index contributed by atoms with van der Waals surface area (Å²) in [5.74, 6) is -0.104. The van der Waals surface area contributed by atoms with E-state index in [4.69, 9.17) is 0 Å². The number of aryl methyl sites for hydroxylation is 2. The second-order valence-electron chi connectivity index (χ2n) is 8.99. The number of rotatable bonds is 9. The molecule has 1 amide bonds. The summed E-state index contributed by atoms with van der Waals surface area (Å²) in [7, 11) is -3.49. The highest BCUT2D eigenvalue weighted by Crippen LogP contribution is 2.31. The molecule has 0 unspecified atom stereocenters. The van der Waals surface area contributed by atoms with E-state index in [1.54, 1.807) is 6.07 Å². The van der Waals surface area contributed by atoms with Crippen molar-refractivity contribution in [1.29, 1.82) is 0 Å². The fraction of sp³-hybridized carbons (Fsp3) is 0.250. The molecule has 35 heavy (non-hydrogen) atoms. The van der Waals surface area contributed by atoms with Crippen LogP contribution in [0.15, 0.2) is 78.9 Å². The third-order valence-corrected chi connectivity index (χ3v) is 8.20. The molecule has 4 rings (SSSR count). The number of carbonyl (C=O) groups excluding carboxylic acids is 1. The van der Waals surface area contributed by atoms with Gasteiger partial charge in [0.15, 0.2) is 0 Å². The first-order valence-electron chi connectivity index (χ1n) is 11.6. The highest BCUT2D eigenvalue weighted by atomic mass is 32.2. The molecule has 7 heteroatoms. The number of amides is 1. The molecule has 0 bridgehead atoms. The van der Waals surface area contributed by atoms with Crippen molar-refractivity contribution in [3.05, 3.63) is 100 Å². The van der Waals surface area contributed by atoms with E-state index >= 15 is 0 Å². The first-order chi connectivity index (χ1) is 16.7. The Bertz CT molecular complexity index is 1410. The second kappa shape index (κ2) is 10.6. The van der Waals surface area contributed by atoms with E-state index < -0.39 is 10.0 Å². The average molecular weight is 507 g/mol. The number of nitrogens with one attached hydrogen (secondary N) is 1. The summed E-state index contributed by atoms with van der Waals surface area (Å²) in [6.45, 7) is 4.27. The number of sulfonamides is 1. The molecule has 0 radical (unpaired) electrons. The summed E-state index contributed by atoms with van der Waals surface area (Å²) >= 11 is 1.42.